The van der Waals surface area contributed by atoms with Gasteiger partial charge in [-0.3, -0.25) is 19.2 Å². The number of methoxy groups -OCH3 is 1. The number of fused-ring (bicyclic) bond motifs is 1. The molecule has 8 heteroatoms. The Kier molecular flexibility index (Phi) is 7.51. The summed E-state index contributed by atoms with van der Waals surface area (Å²) in [4.78, 5) is 35.3. The fourth-order valence-electron chi connectivity index (χ4n) is 4.30. The molecule has 0 spiro atoms. The molecular formula is C27H33N5O3. The molecule has 4 rings (SSSR count). The Labute approximate surface area is 204 Å². The normalized spacial score (nSPS) is 11.6. The van der Waals surface area contributed by atoms with Crippen LogP contribution in [0.5, 0.6) is 5.75 Å². The minimum Gasteiger partial charge on any atom is -0.496 e. The molecule has 35 heavy (non-hydrogen) atoms. The molecule has 0 bridgehead atoms. The van der Waals surface area contributed by atoms with Gasteiger partial charge in [-0.15, -0.1) is 0 Å². The second kappa shape index (κ2) is 10.7. The number of imidazole rings is 1. The molecule has 2 aromatic heterocycles. The van der Waals surface area contributed by atoms with Crippen molar-refractivity contribution in [2.75, 3.05) is 14.2 Å². The molecule has 0 fully saturated rings. The zero-order chi connectivity index (χ0) is 24.9. The van der Waals surface area contributed by atoms with E-state index in [2.05, 4.69) is 23.7 Å². The van der Waals surface area contributed by atoms with Crippen LogP contribution >= 0.6 is 0 Å². The number of hydrogen-bond donors (Lipinski definition) is 1. The number of aryl methyl sites for hydroxylation is 1. The van der Waals surface area contributed by atoms with Crippen LogP contribution in [0.15, 0.2) is 64.2 Å². The number of nitrogens with one attached hydrogen (secondary N) is 1. The monoisotopic (exact) mass is 475 g/mol. The van der Waals surface area contributed by atoms with Gasteiger partial charge < -0.3 is 9.30 Å². The summed E-state index contributed by atoms with van der Waals surface area (Å²) in [5.74, 6) is 2.05. The number of hydrogen-bond acceptors (Lipinski definition) is 5. The minimum atomic E-state index is -0.450. The maximum Gasteiger partial charge on any atom is 0.330 e. The number of aromatic nitrogens is 4. The largest absolute Gasteiger partial charge is 0.496 e. The van der Waals surface area contributed by atoms with Crippen LogP contribution in [0, 0.1) is 5.92 Å². The number of ether oxygens (including phenoxy) is 1. The van der Waals surface area contributed by atoms with Gasteiger partial charge in [0.2, 0.25) is 0 Å². The maximum atomic E-state index is 13.0. The van der Waals surface area contributed by atoms with Crippen LogP contribution in [-0.4, -0.2) is 38.2 Å². The highest BCUT2D eigenvalue weighted by molar-refractivity contribution is 5.71. The van der Waals surface area contributed by atoms with Crippen molar-refractivity contribution >= 4 is 11.2 Å². The summed E-state index contributed by atoms with van der Waals surface area (Å²) in [5.41, 5.74) is 2.06. The zero-order valence-corrected chi connectivity index (χ0v) is 20.8. The van der Waals surface area contributed by atoms with E-state index in [4.69, 9.17) is 9.72 Å². The van der Waals surface area contributed by atoms with Crippen LogP contribution in [0.2, 0.25) is 0 Å². The quantitative estimate of drug-likeness (QED) is 0.379. The lowest BCUT2D eigenvalue weighted by Gasteiger charge is -2.19. The molecule has 0 atom stereocenters. The van der Waals surface area contributed by atoms with E-state index in [0.717, 1.165) is 29.1 Å². The molecule has 1 N–H and O–H groups in total. The first-order valence-corrected chi connectivity index (χ1v) is 11.9. The maximum absolute atomic E-state index is 13.0. The first kappa shape index (κ1) is 24.5. The fourth-order valence-corrected chi connectivity index (χ4v) is 4.30. The molecule has 2 aromatic carbocycles. The molecule has 2 heterocycles. The van der Waals surface area contributed by atoms with Crippen molar-refractivity contribution in [1.82, 2.24) is 24.0 Å². The smallest absolute Gasteiger partial charge is 0.330 e. The van der Waals surface area contributed by atoms with Gasteiger partial charge in [-0.1, -0.05) is 62.4 Å². The Morgan fingerprint density at radius 3 is 2.43 bits per heavy atom. The highest BCUT2D eigenvalue weighted by atomic mass is 16.5. The van der Waals surface area contributed by atoms with E-state index in [-0.39, 0.29) is 0 Å². The Morgan fingerprint density at radius 1 is 1.00 bits per heavy atom. The molecular weight excluding hydrogens is 442 g/mol. The van der Waals surface area contributed by atoms with Crippen LogP contribution < -0.4 is 16.0 Å². The summed E-state index contributed by atoms with van der Waals surface area (Å²) in [6.45, 7) is 6.47. The van der Waals surface area contributed by atoms with Gasteiger partial charge in [0.25, 0.3) is 5.56 Å². The predicted octanol–water partition coefficient (Wildman–Crippen LogP) is 3.62. The summed E-state index contributed by atoms with van der Waals surface area (Å²) in [7, 11) is 3.68. The summed E-state index contributed by atoms with van der Waals surface area (Å²) in [6.07, 6.45) is 0.895. The van der Waals surface area contributed by atoms with Crippen molar-refractivity contribution < 1.29 is 4.74 Å². The van der Waals surface area contributed by atoms with Crippen molar-refractivity contribution in [3.63, 3.8) is 0 Å². The van der Waals surface area contributed by atoms with Crippen molar-refractivity contribution in [2.45, 2.75) is 46.4 Å². The molecule has 0 radical (unpaired) electrons. The van der Waals surface area contributed by atoms with Gasteiger partial charge in [-0.05, 0) is 31.0 Å². The molecule has 0 aliphatic heterocycles. The first-order valence-electron chi connectivity index (χ1n) is 11.9. The van der Waals surface area contributed by atoms with E-state index in [1.165, 1.54) is 0 Å². The van der Waals surface area contributed by atoms with Gasteiger partial charge in [0.05, 0.1) is 20.2 Å². The van der Waals surface area contributed by atoms with E-state index < -0.39 is 11.2 Å². The summed E-state index contributed by atoms with van der Waals surface area (Å²) < 4.78 is 9.04. The Morgan fingerprint density at radius 2 is 1.71 bits per heavy atom. The van der Waals surface area contributed by atoms with Gasteiger partial charge in [0, 0.05) is 18.7 Å². The second-order valence-corrected chi connectivity index (χ2v) is 9.35. The lowest BCUT2D eigenvalue weighted by Crippen LogP contribution is -2.31. The van der Waals surface area contributed by atoms with Gasteiger partial charge in [0.15, 0.2) is 11.2 Å². The second-order valence-electron chi connectivity index (χ2n) is 9.35. The molecule has 0 saturated carbocycles. The third-order valence-corrected chi connectivity index (χ3v) is 6.12. The van der Waals surface area contributed by atoms with E-state index in [9.17, 15) is 9.59 Å². The van der Waals surface area contributed by atoms with Crippen molar-refractivity contribution in [1.29, 1.82) is 0 Å². The Bertz CT molecular complexity index is 1400. The number of benzene rings is 2. The van der Waals surface area contributed by atoms with Crippen LogP contribution in [0.4, 0.5) is 0 Å². The van der Waals surface area contributed by atoms with Gasteiger partial charge >= 0.3 is 5.69 Å². The van der Waals surface area contributed by atoms with Crippen LogP contribution in [0.3, 0.4) is 0 Å². The molecule has 0 amide bonds. The lowest BCUT2D eigenvalue weighted by atomic mass is 10.1. The molecule has 0 aliphatic rings. The van der Waals surface area contributed by atoms with Crippen molar-refractivity contribution in [3.05, 3.63) is 92.4 Å². The average molecular weight is 476 g/mol. The highest BCUT2D eigenvalue weighted by Gasteiger charge is 2.20. The highest BCUT2D eigenvalue weighted by Crippen LogP contribution is 2.21. The number of nitrogens with zero attached hydrogens (tertiary/aromatic N) is 4. The lowest BCUT2D eigenvalue weighted by molar-refractivity contribution is 0.297. The minimum absolute atomic E-state index is 0.338. The SMILES string of the molecule is COc1ccccc1CN(C)Cc1nc2c(c(=O)[nH]c(=O)n2Cc2ccccc2)n1CCC(C)C. The zero-order valence-electron chi connectivity index (χ0n) is 20.8. The molecule has 184 valence electrons. The average Bonchev–Trinajstić information content (AvgIpc) is 3.19. The fraction of sp³-hybridized carbons (Fsp3) is 0.370. The van der Waals surface area contributed by atoms with E-state index in [0.29, 0.717) is 43.3 Å². The summed E-state index contributed by atoms with van der Waals surface area (Å²) in [5, 5.41) is 0. The Balaban J connectivity index is 1.75. The van der Waals surface area contributed by atoms with E-state index in [1.54, 1.807) is 11.7 Å². The molecule has 4 aromatic rings. The summed E-state index contributed by atoms with van der Waals surface area (Å²) in [6, 6.07) is 17.7. The standard InChI is InChI=1S/C27H33N5O3/c1-19(2)14-15-31-23(18-30(3)17-21-12-8-9-13-22(21)35-4)28-25-24(31)26(33)29-27(34)32(25)16-20-10-6-5-7-11-20/h5-13,19H,14-18H2,1-4H3,(H,29,33,34). The molecule has 0 saturated heterocycles. The summed E-state index contributed by atoms with van der Waals surface area (Å²) >= 11 is 0. The van der Waals surface area contributed by atoms with Gasteiger partial charge in [-0.25, -0.2) is 9.78 Å². The molecule has 0 aliphatic carbocycles. The van der Waals surface area contributed by atoms with E-state index in [1.807, 2.05) is 66.2 Å². The van der Waals surface area contributed by atoms with Gasteiger partial charge in [0.1, 0.15) is 11.6 Å². The first-order chi connectivity index (χ1) is 16.9. The van der Waals surface area contributed by atoms with Crippen LogP contribution in [0.1, 0.15) is 37.2 Å². The number of para-hydroxylation sites is 1. The van der Waals surface area contributed by atoms with Crippen LogP contribution in [-0.2, 0) is 26.2 Å². The molecule has 0 unspecified atom stereocenters. The number of aromatic amines is 1. The third kappa shape index (κ3) is 5.54. The number of rotatable bonds is 10. The third-order valence-electron chi connectivity index (χ3n) is 6.12. The Hall–Kier alpha value is -3.65. The van der Waals surface area contributed by atoms with Crippen LogP contribution in [0.25, 0.3) is 11.2 Å². The predicted molar refractivity (Wildman–Crippen MR) is 138 cm³/mol. The van der Waals surface area contributed by atoms with Crippen molar-refractivity contribution in [3.8, 4) is 5.75 Å². The van der Waals surface area contributed by atoms with Gasteiger partial charge in [-0.2, -0.15) is 0 Å². The number of H-pyrrole nitrogens is 1. The molecule has 8 nitrogen and oxygen atoms in total. The topological polar surface area (TPSA) is 85.2 Å². The van der Waals surface area contributed by atoms with E-state index >= 15 is 0 Å². The van der Waals surface area contributed by atoms with Crippen molar-refractivity contribution in [2.24, 2.45) is 5.92 Å².